The van der Waals surface area contributed by atoms with E-state index in [1.165, 1.54) is 0 Å². The van der Waals surface area contributed by atoms with Gasteiger partial charge in [0.2, 0.25) is 0 Å². The average molecular weight is 334 g/mol. The maximum absolute atomic E-state index is 11.9. The van der Waals surface area contributed by atoms with Crippen molar-refractivity contribution in [3.8, 4) is 22.9 Å². The summed E-state index contributed by atoms with van der Waals surface area (Å²) < 4.78 is 5.49. The van der Waals surface area contributed by atoms with Crippen LogP contribution in [0.25, 0.3) is 11.1 Å². The molecule has 3 rings (SSSR count). The molecular formula is C21H22N2O2. The van der Waals surface area contributed by atoms with E-state index < -0.39 is 6.04 Å². The lowest BCUT2D eigenvalue weighted by molar-refractivity contribution is -0.135. The monoisotopic (exact) mass is 334 g/mol. The first-order valence-electron chi connectivity index (χ1n) is 8.63. The Labute approximate surface area is 148 Å². The summed E-state index contributed by atoms with van der Waals surface area (Å²) in [4.78, 5) is 11.9. The number of hydrogen-bond acceptors (Lipinski definition) is 4. The molecule has 0 fully saturated rings. The average Bonchev–Trinajstić information content (AvgIpc) is 2.60. The SMILES string of the molecule is CC1CCc2cc(-c3ccc(C[C@H](N)C#N)cc3)ccc2OC(=O)C1. The number of rotatable bonds is 3. The second-order valence-electron chi connectivity index (χ2n) is 6.78. The second kappa shape index (κ2) is 7.50. The van der Waals surface area contributed by atoms with Crippen molar-refractivity contribution in [3.05, 3.63) is 53.6 Å². The molecule has 25 heavy (non-hydrogen) atoms. The van der Waals surface area contributed by atoms with Gasteiger partial charge in [0, 0.05) is 12.8 Å². The number of carbonyl (C=O) groups excluding carboxylic acids is 1. The van der Waals surface area contributed by atoms with Crippen LogP contribution in [0.2, 0.25) is 0 Å². The number of carbonyl (C=O) groups is 1. The predicted molar refractivity (Wildman–Crippen MR) is 96.9 cm³/mol. The lowest BCUT2D eigenvalue weighted by Crippen LogP contribution is -2.19. The third-order valence-corrected chi connectivity index (χ3v) is 4.61. The molecule has 128 valence electrons. The summed E-state index contributed by atoms with van der Waals surface area (Å²) in [5.41, 5.74) is 9.99. The van der Waals surface area contributed by atoms with Gasteiger partial charge in [0.05, 0.1) is 12.1 Å². The largest absolute Gasteiger partial charge is 0.426 e. The van der Waals surface area contributed by atoms with Crippen LogP contribution in [0.4, 0.5) is 0 Å². The van der Waals surface area contributed by atoms with Crippen molar-refractivity contribution in [1.82, 2.24) is 0 Å². The van der Waals surface area contributed by atoms with E-state index in [0.29, 0.717) is 24.5 Å². The molecule has 4 nitrogen and oxygen atoms in total. The number of hydrogen-bond donors (Lipinski definition) is 1. The number of esters is 1. The van der Waals surface area contributed by atoms with Crippen molar-refractivity contribution in [2.45, 2.75) is 38.6 Å². The molecule has 2 aromatic rings. The minimum absolute atomic E-state index is 0.153. The van der Waals surface area contributed by atoms with Crippen LogP contribution >= 0.6 is 0 Å². The number of nitrogens with zero attached hydrogens (tertiary/aromatic N) is 1. The molecule has 0 amide bonds. The highest BCUT2D eigenvalue weighted by Crippen LogP contribution is 2.31. The fourth-order valence-corrected chi connectivity index (χ4v) is 3.14. The number of fused-ring (bicyclic) bond motifs is 1. The summed E-state index contributed by atoms with van der Waals surface area (Å²) in [5.74, 6) is 0.865. The molecule has 1 aliphatic heterocycles. The van der Waals surface area contributed by atoms with Crippen LogP contribution in [0.15, 0.2) is 42.5 Å². The number of nitriles is 1. The summed E-state index contributed by atoms with van der Waals surface area (Å²) >= 11 is 0. The number of benzene rings is 2. The van der Waals surface area contributed by atoms with Crippen molar-refractivity contribution >= 4 is 5.97 Å². The molecule has 1 aliphatic rings. The molecule has 1 unspecified atom stereocenters. The Bertz CT molecular complexity index is 806. The van der Waals surface area contributed by atoms with Crippen molar-refractivity contribution in [2.24, 2.45) is 11.7 Å². The Kier molecular flexibility index (Phi) is 5.16. The van der Waals surface area contributed by atoms with Gasteiger partial charge >= 0.3 is 5.97 Å². The predicted octanol–water partition coefficient (Wildman–Crippen LogP) is 3.62. The first kappa shape index (κ1) is 17.2. The summed E-state index contributed by atoms with van der Waals surface area (Å²) in [6.45, 7) is 2.08. The van der Waals surface area contributed by atoms with Crippen molar-refractivity contribution < 1.29 is 9.53 Å². The highest BCUT2D eigenvalue weighted by Gasteiger charge is 2.18. The molecule has 0 saturated heterocycles. The Balaban J connectivity index is 1.84. The van der Waals surface area contributed by atoms with Gasteiger partial charge in [-0.1, -0.05) is 37.3 Å². The van der Waals surface area contributed by atoms with Gasteiger partial charge in [0.25, 0.3) is 0 Å². The zero-order valence-electron chi connectivity index (χ0n) is 14.4. The van der Waals surface area contributed by atoms with Gasteiger partial charge in [-0.25, -0.2) is 0 Å². The van der Waals surface area contributed by atoms with Crippen LogP contribution in [-0.4, -0.2) is 12.0 Å². The smallest absolute Gasteiger partial charge is 0.311 e. The topological polar surface area (TPSA) is 76.1 Å². The molecule has 0 aliphatic carbocycles. The Hall–Kier alpha value is -2.64. The highest BCUT2D eigenvalue weighted by atomic mass is 16.5. The quantitative estimate of drug-likeness (QED) is 0.687. The van der Waals surface area contributed by atoms with Gasteiger partial charge in [0.1, 0.15) is 5.75 Å². The molecule has 2 N–H and O–H groups in total. The minimum Gasteiger partial charge on any atom is -0.426 e. The summed E-state index contributed by atoms with van der Waals surface area (Å²) in [7, 11) is 0. The van der Waals surface area contributed by atoms with E-state index in [4.69, 9.17) is 15.7 Å². The summed E-state index contributed by atoms with van der Waals surface area (Å²) in [6, 6.07) is 15.6. The van der Waals surface area contributed by atoms with Crippen LogP contribution in [-0.2, 0) is 17.6 Å². The Morgan fingerprint density at radius 3 is 2.68 bits per heavy atom. The highest BCUT2D eigenvalue weighted by molar-refractivity contribution is 5.74. The maximum atomic E-state index is 11.9. The lowest BCUT2D eigenvalue weighted by atomic mass is 9.94. The van der Waals surface area contributed by atoms with Gasteiger partial charge in [-0.3, -0.25) is 4.79 Å². The van der Waals surface area contributed by atoms with Crippen molar-refractivity contribution in [1.29, 1.82) is 5.26 Å². The lowest BCUT2D eigenvalue weighted by Gasteiger charge is -2.18. The Morgan fingerprint density at radius 2 is 1.96 bits per heavy atom. The molecule has 0 aromatic heterocycles. The molecule has 0 radical (unpaired) electrons. The van der Waals surface area contributed by atoms with E-state index >= 15 is 0 Å². The van der Waals surface area contributed by atoms with Crippen molar-refractivity contribution in [2.75, 3.05) is 0 Å². The van der Waals surface area contributed by atoms with E-state index in [1.807, 2.05) is 42.5 Å². The molecule has 2 aromatic carbocycles. The van der Waals surface area contributed by atoms with Gasteiger partial charge in [-0.2, -0.15) is 5.26 Å². The third kappa shape index (κ3) is 4.26. The summed E-state index contributed by atoms with van der Waals surface area (Å²) in [5, 5.41) is 8.81. The molecular weight excluding hydrogens is 312 g/mol. The van der Waals surface area contributed by atoms with E-state index in [0.717, 1.165) is 35.1 Å². The van der Waals surface area contributed by atoms with Gasteiger partial charge in [-0.05, 0) is 53.1 Å². The molecule has 0 spiro atoms. The standard InChI is InChI=1S/C21H22N2O2/c1-14-2-5-18-12-17(8-9-20(18)25-21(24)10-14)16-6-3-15(4-7-16)11-19(23)13-22/h3-4,6-9,12,14,19H,2,5,10-11,23H2,1H3/t14?,19-/m0/s1. The normalized spacial score (nSPS) is 18.3. The van der Waals surface area contributed by atoms with Gasteiger partial charge < -0.3 is 10.5 Å². The van der Waals surface area contributed by atoms with Crippen molar-refractivity contribution in [3.63, 3.8) is 0 Å². The fourth-order valence-electron chi connectivity index (χ4n) is 3.14. The van der Waals surface area contributed by atoms with Crippen LogP contribution in [0.3, 0.4) is 0 Å². The summed E-state index contributed by atoms with van der Waals surface area (Å²) in [6.07, 6.45) is 2.92. The fraction of sp³-hybridized carbons (Fsp3) is 0.333. The minimum atomic E-state index is -0.473. The molecule has 1 heterocycles. The van der Waals surface area contributed by atoms with Crippen LogP contribution < -0.4 is 10.5 Å². The van der Waals surface area contributed by atoms with E-state index in [9.17, 15) is 4.79 Å². The zero-order chi connectivity index (χ0) is 17.8. The third-order valence-electron chi connectivity index (χ3n) is 4.61. The first-order valence-corrected chi connectivity index (χ1v) is 8.63. The number of aryl methyl sites for hydroxylation is 1. The Morgan fingerprint density at radius 1 is 1.24 bits per heavy atom. The van der Waals surface area contributed by atoms with E-state index in [2.05, 4.69) is 13.0 Å². The molecule has 0 bridgehead atoms. The maximum Gasteiger partial charge on any atom is 0.311 e. The van der Waals surface area contributed by atoms with Gasteiger partial charge in [0.15, 0.2) is 0 Å². The van der Waals surface area contributed by atoms with E-state index in [1.54, 1.807) is 0 Å². The van der Waals surface area contributed by atoms with Crippen LogP contribution in [0.1, 0.15) is 30.9 Å². The molecule has 4 heteroatoms. The van der Waals surface area contributed by atoms with Crippen LogP contribution in [0.5, 0.6) is 5.75 Å². The van der Waals surface area contributed by atoms with Gasteiger partial charge in [-0.15, -0.1) is 0 Å². The number of nitrogens with two attached hydrogens (primary N) is 1. The zero-order valence-corrected chi connectivity index (χ0v) is 14.4. The van der Waals surface area contributed by atoms with Crippen LogP contribution in [0, 0.1) is 17.2 Å². The molecule has 2 atom stereocenters. The molecule has 0 saturated carbocycles. The second-order valence-corrected chi connectivity index (χ2v) is 6.78. The van der Waals surface area contributed by atoms with E-state index in [-0.39, 0.29) is 5.97 Å². The number of ether oxygens (including phenoxy) is 1. The first-order chi connectivity index (χ1) is 12.0.